The van der Waals surface area contributed by atoms with Crippen molar-refractivity contribution in [2.45, 2.75) is 39.5 Å². The Balaban J connectivity index is 1.81. The summed E-state index contributed by atoms with van der Waals surface area (Å²) < 4.78 is 0. The van der Waals surface area contributed by atoms with Crippen molar-refractivity contribution in [3.8, 4) is 0 Å². The van der Waals surface area contributed by atoms with Crippen LogP contribution in [0.4, 0.5) is 0 Å². The van der Waals surface area contributed by atoms with Gasteiger partial charge in [-0.05, 0) is 50.8 Å². The third-order valence-electron chi connectivity index (χ3n) is 4.26. The lowest BCUT2D eigenvalue weighted by atomic mass is 9.98. The van der Waals surface area contributed by atoms with Crippen LogP contribution < -0.4 is 5.32 Å². The molecule has 1 atom stereocenters. The molecule has 2 aliphatic heterocycles. The number of likely N-dealkylation sites (tertiary alicyclic amines) is 1. The van der Waals surface area contributed by atoms with E-state index in [1.54, 1.807) is 11.1 Å². The lowest BCUT2D eigenvalue weighted by Crippen LogP contribution is -2.37. The molecule has 1 N–H and O–H groups in total. The van der Waals surface area contributed by atoms with Gasteiger partial charge in [-0.15, -0.1) is 0 Å². The van der Waals surface area contributed by atoms with Crippen LogP contribution in [0, 0.1) is 5.92 Å². The summed E-state index contributed by atoms with van der Waals surface area (Å²) in [5.41, 5.74) is 3.27. The van der Waals surface area contributed by atoms with Gasteiger partial charge in [0, 0.05) is 19.6 Å². The summed E-state index contributed by atoms with van der Waals surface area (Å²) in [4.78, 5) is 2.66. The lowest BCUT2D eigenvalue weighted by Gasteiger charge is -2.26. The van der Waals surface area contributed by atoms with Gasteiger partial charge in [0.1, 0.15) is 0 Å². The summed E-state index contributed by atoms with van der Waals surface area (Å²) in [6.07, 6.45) is 5.64. The molecule has 2 heteroatoms. The summed E-state index contributed by atoms with van der Waals surface area (Å²) in [5.74, 6) is 0.989. The zero-order chi connectivity index (χ0) is 11.4. The minimum Gasteiger partial charge on any atom is -0.309 e. The van der Waals surface area contributed by atoms with Crippen molar-refractivity contribution in [2.24, 2.45) is 5.92 Å². The van der Waals surface area contributed by atoms with Crippen molar-refractivity contribution in [3.63, 3.8) is 0 Å². The van der Waals surface area contributed by atoms with Gasteiger partial charge < -0.3 is 5.32 Å². The van der Waals surface area contributed by atoms with Crippen molar-refractivity contribution < 1.29 is 0 Å². The molecule has 2 saturated heterocycles. The van der Waals surface area contributed by atoms with Crippen LogP contribution in [-0.4, -0.2) is 37.6 Å². The standard InChI is InChI=1S/C14H26N2/c1-3-13-5-4-7-16(8-6-13)11-12(2)14-9-15-10-14/h13,15H,3-11H2,1-2H3. The van der Waals surface area contributed by atoms with Crippen LogP contribution in [-0.2, 0) is 0 Å². The van der Waals surface area contributed by atoms with Gasteiger partial charge in [0.25, 0.3) is 0 Å². The largest absolute Gasteiger partial charge is 0.309 e. The maximum atomic E-state index is 3.33. The van der Waals surface area contributed by atoms with Crippen LogP contribution in [0.5, 0.6) is 0 Å². The van der Waals surface area contributed by atoms with Gasteiger partial charge in [0.2, 0.25) is 0 Å². The molecule has 2 nitrogen and oxygen atoms in total. The van der Waals surface area contributed by atoms with Gasteiger partial charge in [-0.1, -0.05) is 18.9 Å². The third kappa shape index (κ3) is 3.08. The molecule has 0 aliphatic carbocycles. The molecule has 1 unspecified atom stereocenters. The SMILES string of the molecule is CCC1CCCN(CC(C)=C2CNC2)CC1. The summed E-state index contributed by atoms with van der Waals surface area (Å²) in [6.45, 7) is 10.8. The van der Waals surface area contributed by atoms with E-state index in [0.29, 0.717) is 0 Å². The molecular weight excluding hydrogens is 196 g/mol. The second-order valence-corrected chi connectivity index (χ2v) is 5.47. The number of hydrogen-bond acceptors (Lipinski definition) is 2. The molecule has 2 aliphatic rings. The Bertz CT molecular complexity index is 251. The number of hydrogen-bond donors (Lipinski definition) is 1. The fraction of sp³-hybridized carbons (Fsp3) is 0.857. The minimum absolute atomic E-state index is 0.989. The monoisotopic (exact) mass is 222 g/mol. The first-order chi connectivity index (χ1) is 7.79. The Labute approximate surface area is 100 Å². The first kappa shape index (κ1) is 12.1. The zero-order valence-corrected chi connectivity index (χ0v) is 10.9. The molecule has 0 saturated carbocycles. The Morgan fingerprint density at radius 2 is 2.12 bits per heavy atom. The molecule has 0 amide bonds. The van der Waals surface area contributed by atoms with Crippen LogP contribution in [0.15, 0.2) is 11.1 Å². The topological polar surface area (TPSA) is 15.3 Å². The maximum absolute atomic E-state index is 3.33. The highest BCUT2D eigenvalue weighted by molar-refractivity contribution is 5.22. The van der Waals surface area contributed by atoms with Crippen LogP contribution in [0.2, 0.25) is 0 Å². The van der Waals surface area contributed by atoms with Gasteiger partial charge in [-0.25, -0.2) is 0 Å². The van der Waals surface area contributed by atoms with Crippen molar-refractivity contribution in [2.75, 3.05) is 32.7 Å². The maximum Gasteiger partial charge on any atom is 0.0193 e. The Morgan fingerprint density at radius 1 is 1.31 bits per heavy atom. The van der Waals surface area contributed by atoms with E-state index in [1.807, 2.05) is 0 Å². The van der Waals surface area contributed by atoms with E-state index in [4.69, 9.17) is 0 Å². The van der Waals surface area contributed by atoms with E-state index in [0.717, 1.165) is 19.0 Å². The van der Waals surface area contributed by atoms with Gasteiger partial charge in [0.15, 0.2) is 0 Å². The minimum atomic E-state index is 0.989. The fourth-order valence-electron chi connectivity index (χ4n) is 2.79. The van der Waals surface area contributed by atoms with Gasteiger partial charge in [0.05, 0.1) is 0 Å². The zero-order valence-electron chi connectivity index (χ0n) is 10.9. The Hall–Kier alpha value is -0.340. The first-order valence-electron chi connectivity index (χ1n) is 6.90. The molecule has 0 aromatic carbocycles. The van der Waals surface area contributed by atoms with Crippen molar-refractivity contribution in [1.29, 1.82) is 0 Å². The lowest BCUT2D eigenvalue weighted by molar-refractivity contribution is 0.301. The smallest absolute Gasteiger partial charge is 0.0193 e. The van der Waals surface area contributed by atoms with E-state index in [-0.39, 0.29) is 0 Å². The average molecular weight is 222 g/mol. The predicted octanol–water partition coefficient (Wildman–Crippen LogP) is 2.42. The first-order valence-corrected chi connectivity index (χ1v) is 6.90. The van der Waals surface area contributed by atoms with Gasteiger partial charge in [-0.2, -0.15) is 0 Å². The van der Waals surface area contributed by atoms with Crippen LogP contribution >= 0.6 is 0 Å². The van der Waals surface area contributed by atoms with Gasteiger partial charge >= 0.3 is 0 Å². The highest BCUT2D eigenvalue weighted by Crippen LogP contribution is 2.21. The highest BCUT2D eigenvalue weighted by atomic mass is 15.1. The van der Waals surface area contributed by atoms with Crippen LogP contribution in [0.25, 0.3) is 0 Å². The van der Waals surface area contributed by atoms with E-state index in [2.05, 4.69) is 24.1 Å². The second-order valence-electron chi connectivity index (χ2n) is 5.47. The third-order valence-corrected chi connectivity index (χ3v) is 4.26. The number of nitrogens with zero attached hydrogens (tertiary/aromatic N) is 1. The Morgan fingerprint density at radius 3 is 2.75 bits per heavy atom. The quantitative estimate of drug-likeness (QED) is 0.738. The molecule has 0 radical (unpaired) electrons. The summed E-state index contributed by atoms with van der Waals surface area (Å²) in [7, 11) is 0. The van der Waals surface area contributed by atoms with E-state index in [1.165, 1.54) is 45.3 Å². The Kier molecular flexibility index (Phi) is 4.42. The number of rotatable bonds is 3. The summed E-state index contributed by atoms with van der Waals surface area (Å²) in [5, 5.41) is 3.33. The van der Waals surface area contributed by atoms with Crippen molar-refractivity contribution in [1.82, 2.24) is 10.2 Å². The molecule has 0 aromatic heterocycles. The average Bonchev–Trinajstić information content (AvgIpc) is 2.40. The van der Waals surface area contributed by atoms with Crippen molar-refractivity contribution >= 4 is 0 Å². The molecule has 2 heterocycles. The van der Waals surface area contributed by atoms with Crippen LogP contribution in [0.1, 0.15) is 39.5 Å². The molecule has 2 fully saturated rings. The summed E-state index contributed by atoms with van der Waals surface area (Å²) in [6, 6.07) is 0. The molecule has 0 aromatic rings. The van der Waals surface area contributed by atoms with E-state index >= 15 is 0 Å². The number of nitrogens with one attached hydrogen (secondary N) is 1. The highest BCUT2D eigenvalue weighted by Gasteiger charge is 2.17. The predicted molar refractivity (Wildman–Crippen MR) is 69.6 cm³/mol. The molecule has 0 spiro atoms. The summed E-state index contributed by atoms with van der Waals surface area (Å²) >= 11 is 0. The fourth-order valence-corrected chi connectivity index (χ4v) is 2.79. The normalized spacial score (nSPS) is 27.4. The molecule has 16 heavy (non-hydrogen) atoms. The molecule has 2 rings (SSSR count). The molecular formula is C14H26N2. The van der Waals surface area contributed by atoms with Gasteiger partial charge in [-0.3, -0.25) is 4.90 Å². The van der Waals surface area contributed by atoms with E-state index in [9.17, 15) is 0 Å². The van der Waals surface area contributed by atoms with Crippen molar-refractivity contribution in [3.05, 3.63) is 11.1 Å². The molecule has 0 bridgehead atoms. The second kappa shape index (κ2) is 5.83. The van der Waals surface area contributed by atoms with Crippen LogP contribution in [0.3, 0.4) is 0 Å². The van der Waals surface area contributed by atoms with E-state index < -0.39 is 0 Å². The molecule has 92 valence electrons.